The SMILES string of the molecule is OCCCc1cn(CCCC(F)(F)F)nn1. The van der Waals surface area contributed by atoms with Crippen molar-refractivity contribution in [2.45, 2.75) is 38.4 Å². The molecule has 0 aliphatic carbocycles. The van der Waals surface area contributed by atoms with E-state index in [1.54, 1.807) is 6.20 Å². The molecule has 1 aromatic heterocycles. The zero-order valence-electron chi connectivity index (χ0n) is 8.74. The number of aryl methyl sites for hydroxylation is 2. The van der Waals surface area contributed by atoms with Crippen molar-refractivity contribution < 1.29 is 18.3 Å². The van der Waals surface area contributed by atoms with Gasteiger partial charge < -0.3 is 5.11 Å². The molecule has 0 saturated carbocycles. The molecule has 1 N–H and O–H groups in total. The number of hydrogen-bond donors (Lipinski definition) is 1. The lowest BCUT2D eigenvalue weighted by atomic mass is 10.2. The van der Waals surface area contributed by atoms with Crippen molar-refractivity contribution in [2.24, 2.45) is 0 Å². The van der Waals surface area contributed by atoms with Crippen molar-refractivity contribution in [3.05, 3.63) is 11.9 Å². The Hall–Kier alpha value is -1.11. The van der Waals surface area contributed by atoms with E-state index in [0.717, 1.165) is 0 Å². The first-order valence-corrected chi connectivity index (χ1v) is 5.08. The standard InChI is InChI=1S/C9H14F3N3O/c10-9(11,12)4-2-5-15-7-8(13-14-15)3-1-6-16/h7,16H,1-6H2. The van der Waals surface area contributed by atoms with E-state index in [4.69, 9.17) is 5.11 Å². The number of aromatic nitrogens is 3. The highest BCUT2D eigenvalue weighted by Gasteiger charge is 2.26. The molecule has 0 aromatic carbocycles. The van der Waals surface area contributed by atoms with Crippen LogP contribution in [0.25, 0.3) is 0 Å². The quantitative estimate of drug-likeness (QED) is 0.816. The second-order valence-electron chi connectivity index (χ2n) is 3.52. The van der Waals surface area contributed by atoms with Gasteiger partial charge in [-0.25, -0.2) is 0 Å². The van der Waals surface area contributed by atoms with Gasteiger partial charge in [0, 0.05) is 25.8 Å². The van der Waals surface area contributed by atoms with Gasteiger partial charge in [0.15, 0.2) is 0 Å². The highest BCUT2D eigenvalue weighted by molar-refractivity contribution is 4.92. The van der Waals surface area contributed by atoms with Gasteiger partial charge in [0.2, 0.25) is 0 Å². The summed E-state index contributed by atoms with van der Waals surface area (Å²) in [6.45, 7) is 0.284. The van der Waals surface area contributed by atoms with Crippen LogP contribution in [0.4, 0.5) is 13.2 Å². The Morgan fingerprint density at radius 1 is 1.31 bits per heavy atom. The summed E-state index contributed by atoms with van der Waals surface area (Å²) >= 11 is 0. The Kier molecular flexibility index (Phi) is 4.72. The molecule has 0 aliphatic heterocycles. The molecule has 7 heteroatoms. The molecule has 1 rings (SSSR count). The van der Waals surface area contributed by atoms with Gasteiger partial charge >= 0.3 is 6.18 Å². The highest BCUT2D eigenvalue weighted by Crippen LogP contribution is 2.21. The largest absolute Gasteiger partial charge is 0.396 e. The second kappa shape index (κ2) is 5.83. The number of nitrogens with zero attached hydrogens (tertiary/aromatic N) is 3. The van der Waals surface area contributed by atoms with Gasteiger partial charge in [-0.1, -0.05) is 5.21 Å². The van der Waals surface area contributed by atoms with Crippen LogP contribution in [0.3, 0.4) is 0 Å². The van der Waals surface area contributed by atoms with Crippen molar-refractivity contribution in [2.75, 3.05) is 6.61 Å². The summed E-state index contributed by atoms with van der Waals surface area (Å²) in [5.41, 5.74) is 0.695. The molecule has 0 saturated heterocycles. The molecule has 0 bridgehead atoms. The van der Waals surface area contributed by atoms with Gasteiger partial charge in [-0.15, -0.1) is 5.10 Å². The Labute approximate surface area is 91.1 Å². The fourth-order valence-corrected chi connectivity index (χ4v) is 1.26. The number of alkyl halides is 3. The van der Waals surface area contributed by atoms with E-state index in [1.165, 1.54) is 4.68 Å². The van der Waals surface area contributed by atoms with E-state index in [9.17, 15) is 13.2 Å². The summed E-state index contributed by atoms with van der Waals surface area (Å²) in [5, 5.41) is 16.1. The van der Waals surface area contributed by atoms with Gasteiger partial charge in [0.1, 0.15) is 0 Å². The van der Waals surface area contributed by atoms with Gasteiger partial charge in [0.25, 0.3) is 0 Å². The van der Waals surface area contributed by atoms with Crippen LogP contribution in [0.1, 0.15) is 25.0 Å². The summed E-state index contributed by atoms with van der Waals surface area (Å²) in [7, 11) is 0. The molecule has 4 nitrogen and oxygen atoms in total. The first kappa shape index (κ1) is 13.0. The van der Waals surface area contributed by atoms with Gasteiger partial charge in [-0.2, -0.15) is 13.2 Å². The third-order valence-corrected chi connectivity index (χ3v) is 2.02. The number of aliphatic hydroxyl groups is 1. The molecule has 0 spiro atoms. The van der Waals surface area contributed by atoms with E-state index in [-0.39, 0.29) is 19.6 Å². The van der Waals surface area contributed by atoms with Crippen molar-refractivity contribution in [1.29, 1.82) is 0 Å². The van der Waals surface area contributed by atoms with Crippen LogP contribution in [-0.4, -0.2) is 32.9 Å². The summed E-state index contributed by atoms with van der Waals surface area (Å²) in [4.78, 5) is 0. The predicted octanol–water partition coefficient (Wildman–Crippen LogP) is 1.55. The minimum absolute atomic E-state index is 0.00625. The number of hydrogen-bond acceptors (Lipinski definition) is 3. The molecule has 16 heavy (non-hydrogen) atoms. The summed E-state index contributed by atoms with van der Waals surface area (Å²) in [6, 6.07) is 0. The Bertz CT molecular complexity index is 311. The topological polar surface area (TPSA) is 50.9 Å². The van der Waals surface area contributed by atoms with E-state index in [1.807, 2.05) is 0 Å². The molecule has 0 aliphatic rings. The molecule has 0 unspecified atom stereocenters. The Morgan fingerprint density at radius 3 is 2.69 bits per heavy atom. The van der Waals surface area contributed by atoms with Gasteiger partial charge in [0.05, 0.1) is 5.69 Å². The number of rotatable bonds is 6. The maximum Gasteiger partial charge on any atom is 0.389 e. The summed E-state index contributed by atoms with van der Waals surface area (Å²) < 4.78 is 37.0. The van der Waals surface area contributed by atoms with Crippen LogP contribution < -0.4 is 0 Å². The average Bonchev–Trinajstić information content (AvgIpc) is 2.61. The lowest BCUT2D eigenvalue weighted by Crippen LogP contribution is -2.09. The monoisotopic (exact) mass is 237 g/mol. The first-order valence-electron chi connectivity index (χ1n) is 5.08. The second-order valence-corrected chi connectivity index (χ2v) is 3.52. The maximum absolute atomic E-state index is 11.9. The van der Waals surface area contributed by atoms with Crippen LogP contribution in [0.2, 0.25) is 0 Å². The molecule has 0 radical (unpaired) electrons. The molecule has 0 fully saturated rings. The van der Waals surface area contributed by atoms with Crippen molar-refractivity contribution in [3.8, 4) is 0 Å². The fraction of sp³-hybridized carbons (Fsp3) is 0.778. The third-order valence-electron chi connectivity index (χ3n) is 2.02. The minimum Gasteiger partial charge on any atom is -0.396 e. The van der Waals surface area contributed by atoms with Crippen LogP contribution in [0.5, 0.6) is 0 Å². The van der Waals surface area contributed by atoms with Gasteiger partial charge in [-0.05, 0) is 19.3 Å². The zero-order valence-corrected chi connectivity index (χ0v) is 8.74. The fourth-order valence-electron chi connectivity index (χ4n) is 1.26. The van der Waals surface area contributed by atoms with Crippen molar-refractivity contribution in [3.63, 3.8) is 0 Å². The Morgan fingerprint density at radius 2 is 2.06 bits per heavy atom. The van der Waals surface area contributed by atoms with Crippen molar-refractivity contribution >= 4 is 0 Å². The van der Waals surface area contributed by atoms with Gasteiger partial charge in [-0.3, -0.25) is 4.68 Å². The molecule has 92 valence electrons. The summed E-state index contributed by atoms with van der Waals surface area (Å²) in [6.07, 6.45) is -2.12. The van der Waals surface area contributed by atoms with E-state index >= 15 is 0 Å². The maximum atomic E-state index is 11.9. The number of aliphatic hydroxyl groups excluding tert-OH is 1. The zero-order chi connectivity index (χ0) is 12.0. The minimum atomic E-state index is -4.11. The van der Waals surface area contributed by atoms with Crippen LogP contribution in [-0.2, 0) is 13.0 Å². The van der Waals surface area contributed by atoms with E-state index in [2.05, 4.69) is 10.3 Å². The third kappa shape index (κ3) is 5.11. The number of halogens is 3. The lowest BCUT2D eigenvalue weighted by Gasteiger charge is -2.04. The van der Waals surface area contributed by atoms with Crippen molar-refractivity contribution in [1.82, 2.24) is 15.0 Å². The van der Waals surface area contributed by atoms with E-state index < -0.39 is 12.6 Å². The molecular formula is C9H14F3N3O. The molecule has 1 heterocycles. The van der Waals surface area contributed by atoms with Crippen LogP contribution in [0, 0.1) is 0 Å². The van der Waals surface area contributed by atoms with Crippen LogP contribution >= 0.6 is 0 Å². The lowest BCUT2D eigenvalue weighted by molar-refractivity contribution is -0.136. The predicted molar refractivity (Wildman–Crippen MR) is 50.7 cm³/mol. The first-order chi connectivity index (χ1) is 7.51. The van der Waals surface area contributed by atoms with Crippen LogP contribution in [0.15, 0.2) is 6.20 Å². The molecule has 0 amide bonds. The average molecular weight is 237 g/mol. The molecule has 0 atom stereocenters. The summed E-state index contributed by atoms with van der Waals surface area (Å²) in [5.74, 6) is 0. The molecule has 1 aromatic rings. The van der Waals surface area contributed by atoms with E-state index in [0.29, 0.717) is 18.5 Å². The smallest absolute Gasteiger partial charge is 0.389 e. The highest BCUT2D eigenvalue weighted by atomic mass is 19.4. The Balaban J connectivity index is 2.29. The molecular weight excluding hydrogens is 223 g/mol. The normalized spacial score (nSPS) is 12.0.